The van der Waals surface area contributed by atoms with Crippen LogP contribution in [0.2, 0.25) is 0 Å². The maximum atomic E-state index is 9.93. The summed E-state index contributed by atoms with van der Waals surface area (Å²) in [5.41, 5.74) is 2.50. The lowest BCUT2D eigenvalue weighted by Crippen LogP contribution is -2.52. The first-order valence-corrected chi connectivity index (χ1v) is 17.4. The van der Waals surface area contributed by atoms with Crippen LogP contribution in [0, 0.1) is 52.3 Å². The lowest BCUT2D eigenvalue weighted by atomic mass is 9.47. The second kappa shape index (κ2) is 13.3. The summed E-state index contributed by atoms with van der Waals surface area (Å²) in [6.07, 6.45) is 17.8. The molecule has 0 amide bonds. The summed E-state index contributed by atoms with van der Waals surface area (Å²) in [5.74, 6) is 5.05. The summed E-state index contributed by atoms with van der Waals surface area (Å²) in [6, 6.07) is 0. The SMILES string of the molecule is CO[C@@H]1CC(OC2CC[C@@]3(C)C(=CCC4C3CC[C@@]3(C)C4CC[C@@H]3C(C)CCCC(C)C)C2)O[C@H](CCO)[C@H]1CO. The molecule has 4 aliphatic carbocycles. The summed E-state index contributed by atoms with van der Waals surface area (Å²) >= 11 is 0. The van der Waals surface area contributed by atoms with E-state index in [1.165, 1.54) is 57.8 Å². The average Bonchev–Trinajstić information content (AvgIpc) is 3.30. The first-order valence-electron chi connectivity index (χ1n) is 17.4. The molecule has 236 valence electrons. The first kappa shape index (κ1) is 31.9. The van der Waals surface area contributed by atoms with Crippen molar-refractivity contribution in [1.29, 1.82) is 0 Å². The van der Waals surface area contributed by atoms with Gasteiger partial charge < -0.3 is 24.4 Å². The molecule has 0 aromatic carbocycles. The number of hydrogen-bond donors (Lipinski definition) is 2. The molecule has 1 heterocycles. The molecule has 5 nitrogen and oxygen atoms in total. The molecular weight excluding hydrogens is 512 g/mol. The Labute approximate surface area is 251 Å². The lowest BCUT2D eigenvalue weighted by molar-refractivity contribution is -0.263. The molecule has 6 unspecified atom stereocenters. The summed E-state index contributed by atoms with van der Waals surface area (Å²) < 4.78 is 18.7. The van der Waals surface area contributed by atoms with Gasteiger partial charge in [0.2, 0.25) is 0 Å². The van der Waals surface area contributed by atoms with Gasteiger partial charge in [-0.15, -0.1) is 0 Å². The predicted molar refractivity (Wildman–Crippen MR) is 164 cm³/mol. The van der Waals surface area contributed by atoms with Crippen molar-refractivity contribution in [2.45, 2.75) is 143 Å². The number of rotatable bonds is 11. The monoisotopic (exact) mass is 574 g/mol. The fraction of sp³-hybridized carbons (Fsp3) is 0.944. The van der Waals surface area contributed by atoms with E-state index in [1.54, 1.807) is 12.7 Å². The summed E-state index contributed by atoms with van der Waals surface area (Å²) in [6.45, 7) is 12.6. The normalized spacial score (nSPS) is 45.1. The van der Waals surface area contributed by atoms with Gasteiger partial charge in [-0.05, 0) is 104 Å². The van der Waals surface area contributed by atoms with Crippen LogP contribution in [0.1, 0.15) is 118 Å². The molecule has 1 aliphatic heterocycles. The molecule has 0 aromatic heterocycles. The Morgan fingerprint density at radius 2 is 1.83 bits per heavy atom. The van der Waals surface area contributed by atoms with Crippen LogP contribution in [0.15, 0.2) is 11.6 Å². The van der Waals surface area contributed by atoms with Gasteiger partial charge in [0.1, 0.15) is 0 Å². The molecule has 12 atom stereocenters. The van der Waals surface area contributed by atoms with Crippen molar-refractivity contribution in [1.82, 2.24) is 0 Å². The third kappa shape index (κ3) is 6.23. The Morgan fingerprint density at radius 1 is 1.02 bits per heavy atom. The fourth-order valence-corrected chi connectivity index (χ4v) is 10.9. The van der Waals surface area contributed by atoms with Crippen LogP contribution >= 0.6 is 0 Å². The van der Waals surface area contributed by atoms with Gasteiger partial charge in [0, 0.05) is 26.1 Å². The highest BCUT2D eigenvalue weighted by atomic mass is 16.7. The molecule has 3 saturated carbocycles. The second-order valence-corrected chi connectivity index (χ2v) is 15.8. The van der Waals surface area contributed by atoms with Gasteiger partial charge in [-0.1, -0.05) is 65.5 Å². The molecule has 5 heteroatoms. The number of methoxy groups -OCH3 is 1. The Kier molecular flexibility index (Phi) is 10.3. The van der Waals surface area contributed by atoms with Gasteiger partial charge in [-0.25, -0.2) is 0 Å². The van der Waals surface area contributed by atoms with E-state index in [0.29, 0.717) is 23.7 Å². The van der Waals surface area contributed by atoms with Crippen molar-refractivity contribution in [3.63, 3.8) is 0 Å². The minimum absolute atomic E-state index is 0.00491. The van der Waals surface area contributed by atoms with Crippen molar-refractivity contribution in [3.05, 3.63) is 11.6 Å². The van der Waals surface area contributed by atoms with Gasteiger partial charge in [0.25, 0.3) is 0 Å². The van der Waals surface area contributed by atoms with Gasteiger partial charge in [-0.2, -0.15) is 0 Å². The van der Waals surface area contributed by atoms with E-state index in [2.05, 4.69) is 40.7 Å². The highest BCUT2D eigenvalue weighted by Crippen LogP contribution is 2.67. The number of aliphatic hydroxyl groups excluding tert-OH is 2. The highest BCUT2D eigenvalue weighted by Gasteiger charge is 2.59. The van der Waals surface area contributed by atoms with Crippen molar-refractivity contribution in [3.8, 4) is 0 Å². The molecule has 5 rings (SSSR count). The summed E-state index contributed by atoms with van der Waals surface area (Å²) in [4.78, 5) is 0. The molecule has 0 aromatic rings. The van der Waals surface area contributed by atoms with Crippen LogP contribution in [-0.2, 0) is 14.2 Å². The van der Waals surface area contributed by atoms with Gasteiger partial charge in [0.15, 0.2) is 6.29 Å². The molecule has 4 fully saturated rings. The first-order chi connectivity index (χ1) is 19.6. The van der Waals surface area contributed by atoms with Gasteiger partial charge in [-0.3, -0.25) is 0 Å². The zero-order valence-corrected chi connectivity index (χ0v) is 27.2. The zero-order chi connectivity index (χ0) is 29.4. The standard InChI is InChI=1S/C36H62O5/c1-23(2)8-7-9-24(3)29-12-13-30-27-11-10-25-20-26(14-17-35(25,4)31(27)15-18-36(29,30)5)40-34-21-33(39-6)28(22-38)32(41-34)16-19-37/h10,23-24,26-34,37-38H,7-9,11-22H2,1-6H3/t24?,26?,27?,28-,29-,30?,31?,32-,33-,34?,35+,36-/m1/s1. The molecule has 41 heavy (non-hydrogen) atoms. The van der Waals surface area contributed by atoms with E-state index in [4.69, 9.17) is 14.2 Å². The second-order valence-electron chi connectivity index (χ2n) is 15.8. The minimum atomic E-state index is -0.334. The summed E-state index contributed by atoms with van der Waals surface area (Å²) in [5, 5.41) is 19.5. The average molecular weight is 575 g/mol. The predicted octanol–water partition coefficient (Wildman–Crippen LogP) is 7.53. The van der Waals surface area contributed by atoms with Crippen LogP contribution < -0.4 is 0 Å². The molecular formula is C36H62O5. The number of allylic oxidation sites excluding steroid dienone is 1. The topological polar surface area (TPSA) is 68.2 Å². The van der Waals surface area contributed by atoms with Crippen molar-refractivity contribution in [2.24, 2.45) is 52.3 Å². The number of fused-ring (bicyclic) bond motifs is 5. The van der Waals surface area contributed by atoms with Crippen molar-refractivity contribution < 1.29 is 24.4 Å². The van der Waals surface area contributed by atoms with Crippen molar-refractivity contribution in [2.75, 3.05) is 20.3 Å². The van der Waals surface area contributed by atoms with E-state index in [0.717, 1.165) is 48.3 Å². The summed E-state index contributed by atoms with van der Waals surface area (Å²) in [7, 11) is 1.70. The van der Waals surface area contributed by atoms with Crippen LogP contribution in [0.3, 0.4) is 0 Å². The minimum Gasteiger partial charge on any atom is -0.396 e. The Morgan fingerprint density at radius 3 is 2.54 bits per heavy atom. The number of aliphatic hydroxyl groups is 2. The molecule has 1 saturated heterocycles. The number of ether oxygens (including phenoxy) is 3. The fourth-order valence-electron chi connectivity index (χ4n) is 10.9. The maximum absolute atomic E-state index is 9.93. The third-order valence-corrected chi connectivity index (χ3v) is 13.2. The van der Waals surface area contributed by atoms with E-state index < -0.39 is 0 Å². The molecule has 0 bridgehead atoms. The van der Waals surface area contributed by atoms with Crippen LogP contribution in [0.4, 0.5) is 0 Å². The third-order valence-electron chi connectivity index (χ3n) is 13.2. The van der Waals surface area contributed by atoms with Gasteiger partial charge in [0.05, 0.1) is 24.9 Å². The van der Waals surface area contributed by atoms with Crippen LogP contribution in [0.25, 0.3) is 0 Å². The maximum Gasteiger partial charge on any atom is 0.160 e. The Bertz CT molecular complexity index is 887. The number of hydrogen-bond acceptors (Lipinski definition) is 5. The molecule has 5 aliphatic rings. The Hall–Kier alpha value is -0.460. The van der Waals surface area contributed by atoms with E-state index in [-0.39, 0.29) is 43.7 Å². The van der Waals surface area contributed by atoms with E-state index >= 15 is 0 Å². The quantitative estimate of drug-likeness (QED) is 0.250. The van der Waals surface area contributed by atoms with Crippen LogP contribution in [0.5, 0.6) is 0 Å². The van der Waals surface area contributed by atoms with Crippen LogP contribution in [-0.4, -0.2) is 55.1 Å². The molecule has 0 radical (unpaired) electrons. The van der Waals surface area contributed by atoms with E-state index in [1.807, 2.05) is 0 Å². The molecule has 2 N–H and O–H groups in total. The van der Waals surface area contributed by atoms with Gasteiger partial charge >= 0.3 is 0 Å². The largest absolute Gasteiger partial charge is 0.396 e. The Balaban J connectivity index is 1.22. The van der Waals surface area contributed by atoms with Crippen molar-refractivity contribution >= 4 is 0 Å². The highest BCUT2D eigenvalue weighted by molar-refractivity contribution is 5.25. The smallest absolute Gasteiger partial charge is 0.160 e. The molecule has 0 spiro atoms. The zero-order valence-electron chi connectivity index (χ0n) is 27.2. The van der Waals surface area contributed by atoms with E-state index in [9.17, 15) is 10.2 Å². The lowest BCUT2D eigenvalue weighted by Gasteiger charge is -2.58.